The van der Waals surface area contributed by atoms with Crippen LogP contribution in [0.25, 0.3) is 0 Å². The molecule has 18 heavy (non-hydrogen) atoms. The summed E-state index contributed by atoms with van der Waals surface area (Å²) in [5.41, 5.74) is -0.478. The zero-order chi connectivity index (χ0) is 13.1. The van der Waals surface area contributed by atoms with Gasteiger partial charge in [-0.05, 0) is 18.6 Å². The van der Waals surface area contributed by atoms with Crippen LogP contribution in [-0.2, 0) is 9.47 Å². The summed E-state index contributed by atoms with van der Waals surface area (Å²) in [6, 6.07) is 2.64. The number of aromatic nitrogens is 1. The molecule has 2 atom stereocenters. The number of esters is 1. The summed E-state index contributed by atoms with van der Waals surface area (Å²) in [5.74, 6) is -0.670. The van der Waals surface area contributed by atoms with Gasteiger partial charge in [-0.25, -0.2) is 4.79 Å². The molecule has 6 nitrogen and oxygen atoms in total. The Morgan fingerprint density at radius 2 is 2.39 bits per heavy atom. The highest BCUT2D eigenvalue weighted by atomic mass is 16.5. The maximum atomic E-state index is 12.1. The van der Waals surface area contributed by atoms with Crippen molar-refractivity contribution < 1.29 is 19.4 Å². The Kier molecular flexibility index (Phi) is 3.78. The van der Waals surface area contributed by atoms with E-state index in [1.165, 1.54) is 17.7 Å². The van der Waals surface area contributed by atoms with Gasteiger partial charge in [0.25, 0.3) is 5.56 Å². The van der Waals surface area contributed by atoms with E-state index in [2.05, 4.69) is 4.74 Å². The number of pyridine rings is 1. The van der Waals surface area contributed by atoms with Crippen molar-refractivity contribution >= 4 is 5.97 Å². The molecular weight excluding hydrogens is 238 g/mol. The van der Waals surface area contributed by atoms with E-state index in [9.17, 15) is 14.7 Å². The van der Waals surface area contributed by atoms with Crippen LogP contribution in [0.3, 0.4) is 0 Å². The van der Waals surface area contributed by atoms with Crippen molar-refractivity contribution in [2.24, 2.45) is 0 Å². The topological polar surface area (TPSA) is 77.8 Å². The Morgan fingerprint density at radius 3 is 3.06 bits per heavy atom. The van der Waals surface area contributed by atoms with Gasteiger partial charge in [0.05, 0.1) is 25.9 Å². The summed E-state index contributed by atoms with van der Waals surface area (Å²) < 4.78 is 11.0. The van der Waals surface area contributed by atoms with Crippen LogP contribution in [0.2, 0.25) is 0 Å². The number of rotatable bonds is 2. The third-order valence-corrected chi connectivity index (χ3v) is 3.03. The fraction of sp³-hybridized carbons (Fsp3) is 0.500. The van der Waals surface area contributed by atoms with Crippen LogP contribution >= 0.6 is 0 Å². The molecule has 0 saturated carbocycles. The number of hydrogen-bond donors (Lipinski definition) is 1. The summed E-state index contributed by atoms with van der Waals surface area (Å²) in [5, 5.41) is 9.83. The van der Waals surface area contributed by atoms with E-state index in [1.54, 1.807) is 12.3 Å². The van der Waals surface area contributed by atoms with Gasteiger partial charge in [0.1, 0.15) is 5.56 Å². The Balaban J connectivity index is 2.39. The second kappa shape index (κ2) is 5.32. The Hall–Kier alpha value is -1.66. The quantitative estimate of drug-likeness (QED) is 0.748. The number of carbonyl (C=O) groups excluding carboxylic acids is 1. The molecule has 1 aliphatic heterocycles. The standard InChI is InChI=1S/C12H15NO5/c1-17-12(16)8-3-2-5-13(11(8)15)9-4-6-18-7-10(9)14/h2-3,5,9-10,14H,4,6-7H2,1H3/t9-,10+/m0/s1. The largest absolute Gasteiger partial charge is 0.465 e. The smallest absolute Gasteiger partial charge is 0.343 e. The molecular formula is C12H15NO5. The zero-order valence-corrected chi connectivity index (χ0v) is 10.0. The number of aliphatic hydroxyl groups is 1. The van der Waals surface area contributed by atoms with E-state index in [4.69, 9.17) is 4.74 Å². The van der Waals surface area contributed by atoms with E-state index >= 15 is 0 Å². The van der Waals surface area contributed by atoms with Crippen molar-refractivity contribution in [1.29, 1.82) is 0 Å². The summed E-state index contributed by atoms with van der Waals surface area (Å²) in [7, 11) is 1.22. The highest BCUT2D eigenvalue weighted by Crippen LogP contribution is 2.19. The second-order valence-electron chi connectivity index (χ2n) is 4.12. The van der Waals surface area contributed by atoms with Gasteiger partial charge in [-0.1, -0.05) is 0 Å². The van der Waals surface area contributed by atoms with Crippen LogP contribution in [-0.4, -0.2) is 42.1 Å². The van der Waals surface area contributed by atoms with Crippen molar-refractivity contribution in [3.63, 3.8) is 0 Å². The second-order valence-corrected chi connectivity index (χ2v) is 4.12. The molecule has 2 rings (SSSR count). The first kappa shape index (κ1) is 12.8. The fourth-order valence-electron chi connectivity index (χ4n) is 2.07. The third kappa shape index (κ3) is 2.30. The van der Waals surface area contributed by atoms with Crippen LogP contribution in [0.15, 0.2) is 23.1 Å². The SMILES string of the molecule is COC(=O)c1cccn([C@H]2CCOC[C@H]2O)c1=O. The normalized spacial score (nSPS) is 23.7. The molecule has 1 saturated heterocycles. The average molecular weight is 253 g/mol. The first-order valence-electron chi connectivity index (χ1n) is 5.70. The van der Waals surface area contributed by atoms with Crippen molar-refractivity contribution in [2.75, 3.05) is 20.3 Å². The molecule has 0 amide bonds. The van der Waals surface area contributed by atoms with E-state index in [0.717, 1.165) is 0 Å². The molecule has 0 aromatic carbocycles. The minimum Gasteiger partial charge on any atom is -0.465 e. The highest BCUT2D eigenvalue weighted by molar-refractivity contribution is 5.88. The third-order valence-electron chi connectivity index (χ3n) is 3.03. The minimum atomic E-state index is -0.746. The lowest BCUT2D eigenvalue weighted by Crippen LogP contribution is -2.40. The highest BCUT2D eigenvalue weighted by Gasteiger charge is 2.27. The van der Waals surface area contributed by atoms with Gasteiger partial charge in [-0.15, -0.1) is 0 Å². The van der Waals surface area contributed by atoms with E-state index < -0.39 is 17.6 Å². The monoisotopic (exact) mass is 253 g/mol. The average Bonchev–Trinajstić information content (AvgIpc) is 2.39. The van der Waals surface area contributed by atoms with Crippen LogP contribution in [0.5, 0.6) is 0 Å². The zero-order valence-electron chi connectivity index (χ0n) is 10.0. The molecule has 1 aromatic heterocycles. The van der Waals surface area contributed by atoms with Crippen molar-refractivity contribution in [2.45, 2.75) is 18.6 Å². The van der Waals surface area contributed by atoms with Gasteiger partial charge < -0.3 is 19.1 Å². The van der Waals surface area contributed by atoms with Gasteiger partial charge >= 0.3 is 5.97 Å². The minimum absolute atomic E-state index is 0.0290. The number of methoxy groups -OCH3 is 1. The molecule has 1 aromatic rings. The first-order chi connectivity index (χ1) is 8.65. The molecule has 0 radical (unpaired) electrons. The molecule has 1 N–H and O–H groups in total. The van der Waals surface area contributed by atoms with Gasteiger partial charge in [0.2, 0.25) is 0 Å². The number of nitrogens with zero attached hydrogens (tertiary/aromatic N) is 1. The first-order valence-corrected chi connectivity index (χ1v) is 5.70. The van der Waals surface area contributed by atoms with Crippen LogP contribution in [0.1, 0.15) is 22.8 Å². The fourth-order valence-corrected chi connectivity index (χ4v) is 2.07. The maximum Gasteiger partial charge on any atom is 0.343 e. The molecule has 0 bridgehead atoms. The van der Waals surface area contributed by atoms with Crippen molar-refractivity contribution in [3.05, 3.63) is 34.2 Å². The molecule has 0 aliphatic carbocycles. The molecule has 2 heterocycles. The van der Waals surface area contributed by atoms with Crippen molar-refractivity contribution in [3.8, 4) is 0 Å². The van der Waals surface area contributed by atoms with Crippen molar-refractivity contribution in [1.82, 2.24) is 4.57 Å². The summed E-state index contributed by atoms with van der Waals surface area (Å²) in [4.78, 5) is 23.6. The Bertz CT molecular complexity index is 495. The summed E-state index contributed by atoms with van der Waals surface area (Å²) in [6.07, 6.45) is 1.35. The molecule has 1 aliphatic rings. The van der Waals surface area contributed by atoms with Gasteiger partial charge in [0.15, 0.2) is 0 Å². The molecule has 6 heteroatoms. The maximum absolute atomic E-state index is 12.1. The molecule has 98 valence electrons. The Labute approximate surface area is 104 Å². The number of ether oxygens (including phenoxy) is 2. The molecule has 1 fully saturated rings. The summed E-state index contributed by atoms with van der Waals surface area (Å²) in [6.45, 7) is 0.677. The lowest BCUT2D eigenvalue weighted by molar-refractivity contribution is -0.0394. The van der Waals surface area contributed by atoms with Gasteiger partial charge in [0, 0.05) is 12.8 Å². The predicted molar refractivity (Wildman–Crippen MR) is 62.5 cm³/mol. The van der Waals surface area contributed by atoms with Crippen LogP contribution in [0, 0.1) is 0 Å². The van der Waals surface area contributed by atoms with Crippen LogP contribution in [0.4, 0.5) is 0 Å². The lowest BCUT2D eigenvalue weighted by Gasteiger charge is -2.29. The number of aliphatic hydroxyl groups excluding tert-OH is 1. The molecule has 0 spiro atoms. The van der Waals surface area contributed by atoms with Crippen LogP contribution < -0.4 is 5.56 Å². The van der Waals surface area contributed by atoms with E-state index in [1.807, 2.05) is 0 Å². The molecule has 0 unspecified atom stereocenters. The number of carbonyl (C=O) groups is 1. The van der Waals surface area contributed by atoms with E-state index in [-0.39, 0.29) is 18.2 Å². The summed E-state index contributed by atoms with van der Waals surface area (Å²) >= 11 is 0. The predicted octanol–water partition coefficient (Wildman–Crippen LogP) is -0.0428. The Morgan fingerprint density at radius 1 is 1.61 bits per heavy atom. The number of hydrogen-bond acceptors (Lipinski definition) is 5. The van der Waals surface area contributed by atoms with E-state index in [0.29, 0.717) is 13.0 Å². The van der Waals surface area contributed by atoms with Gasteiger partial charge in [-0.3, -0.25) is 4.79 Å². The van der Waals surface area contributed by atoms with Gasteiger partial charge in [-0.2, -0.15) is 0 Å². The lowest BCUT2D eigenvalue weighted by atomic mass is 10.1.